The van der Waals surface area contributed by atoms with Crippen LogP contribution in [0.5, 0.6) is 0 Å². The summed E-state index contributed by atoms with van der Waals surface area (Å²) in [5.41, 5.74) is 8.24. The molecule has 25 heavy (non-hydrogen) atoms. The van der Waals surface area contributed by atoms with Crippen molar-refractivity contribution in [2.24, 2.45) is 0 Å². The molecule has 1 heterocycles. The van der Waals surface area contributed by atoms with Gasteiger partial charge in [-0.25, -0.2) is 4.39 Å². The predicted molar refractivity (Wildman–Crippen MR) is 97.8 cm³/mol. The van der Waals surface area contributed by atoms with Gasteiger partial charge in [-0.1, -0.05) is 29.8 Å². The second kappa shape index (κ2) is 7.85. The number of nitrogen functional groups attached to an aromatic ring is 1. The van der Waals surface area contributed by atoms with Gasteiger partial charge in [0.15, 0.2) is 0 Å². The third-order valence-corrected chi connectivity index (χ3v) is 4.82. The highest BCUT2D eigenvalue weighted by atomic mass is 35.5. The minimum absolute atomic E-state index is 0.129. The van der Waals surface area contributed by atoms with E-state index in [0.717, 1.165) is 24.2 Å². The zero-order valence-corrected chi connectivity index (χ0v) is 14.7. The van der Waals surface area contributed by atoms with Crippen LogP contribution in [0, 0.1) is 5.82 Å². The summed E-state index contributed by atoms with van der Waals surface area (Å²) >= 11 is 6.09. The fraction of sp³-hybridized carbons (Fsp3) is 0.316. The monoisotopic (exact) mass is 361 g/mol. The second-order valence-corrected chi connectivity index (χ2v) is 6.72. The van der Waals surface area contributed by atoms with Crippen LogP contribution in [-0.2, 0) is 17.8 Å². The van der Waals surface area contributed by atoms with Crippen LogP contribution in [-0.4, -0.2) is 41.9 Å². The van der Waals surface area contributed by atoms with Gasteiger partial charge in [-0.2, -0.15) is 0 Å². The Hall–Kier alpha value is -2.11. The van der Waals surface area contributed by atoms with Crippen molar-refractivity contribution < 1.29 is 9.18 Å². The molecule has 0 spiro atoms. The number of benzene rings is 2. The largest absolute Gasteiger partial charge is 0.399 e. The number of anilines is 1. The lowest BCUT2D eigenvalue weighted by Crippen LogP contribution is -2.48. The lowest BCUT2D eigenvalue weighted by atomic mass is 10.1. The molecule has 0 unspecified atom stereocenters. The fourth-order valence-corrected chi connectivity index (χ4v) is 3.20. The lowest BCUT2D eigenvalue weighted by Gasteiger charge is -2.35. The highest BCUT2D eigenvalue weighted by Gasteiger charge is 2.21. The Labute approximate surface area is 152 Å². The van der Waals surface area contributed by atoms with Crippen LogP contribution in [0.3, 0.4) is 0 Å². The van der Waals surface area contributed by atoms with Crippen LogP contribution in [0.2, 0.25) is 5.02 Å². The summed E-state index contributed by atoms with van der Waals surface area (Å²) in [6.07, 6.45) is 0.393. The van der Waals surface area contributed by atoms with Crippen LogP contribution in [0.25, 0.3) is 0 Å². The Bertz CT molecular complexity index is 743. The number of hydrogen-bond donors (Lipinski definition) is 1. The molecule has 0 saturated carbocycles. The van der Waals surface area contributed by atoms with E-state index >= 15 is 0 Å². The molecule has 0 aliphatic carbocycles. The van der Waals surface area contributed by atoms with Gasteiger partial charge in [0.25, 0.3) is 0 Å². The highest BCUT2D eigenvalue weighted by Crippen LogP contribution is 2.20. The topological polar surface area (TPSA) is 49.6 Å². The number of piperazine rings is 1. The van der Waals surface area contributed by atoms with Crippen LogP contribution in [0.1, 0.15) is 11.1 Å². The van der Waals surface area contributed by atoms with E-state index in [-0.39, 0.29) is 11.7 Å². The van der Waals surface area contributed by atoms with Crippen molar-refractivity contribution in [1.29, 1.82) is 0 Å². The van der Waals surface area contributed by atoms with E-state index in [1.807, 2.05) is 29.2 Å². The maximum atomic E-state index is 13.1. The van der Waals surface area contributed by atoms with Crippen LogP contribution in [0.15, 0.2) is 42.5 Å². The molecule has 0 atom stereocenters. The summed E-state index contributed by atoms with van der Waals surface area (Å²) in [6, 6.07) is 11.9. The van der Waals surface area contributed by atoms with Crippen molar-refractivity contribution in [2.45, 2.75) is 13.0 Å². The van der Waals surface area contributed by atoms with E-state index < -0.39 is 0 Å². The van der Waals surface area contributed by atoms with Crippen molar-refractivity contribution in [3.8, 4) is 0 Å². The molecular weight excluding hydrogens is 341 g/mol. The summed E-state index contributed by atoms with van der Waals surface area (Å²) < 4.78 is 13.1. The molecule has 132 valence electrons. The van der Waals surface area contributed by atoms with Crippen LogP contribution >= 0.6 is 11.6 Å². The first kappa shape index (κ1) is 17.7. The summed E-state index contributed by atoms with van der Waals surface area (Å²) in [4.78, 5) is 16.5. The van der Waals surface area contributed by atoms with Crippen molar-refractivity contribution >= 4 is 23.2 Å². The normalized spacial score (nSPS) is 15.4. The van der Waals surface area contributed by atoms with E-state index in [9.17, 15) is 9.18 Å². The maximum Gasteiger partial charge on any atom is 0.227 e. The molecule has 1 aliphatic rings. The number of carbonyl (C=O) groups excluding carboxylic acids is 1. The minimum atomic E-state index is -0.327. The molecule has 2 aromatic rings. The van der Waals surface area contributed by atoms with Crippen molar-refractivity contribution in [3.05, 3.63) is 64.4 Å². The van der Waals surface area contributed by atoms with E-state index in [4.69, 9.17) is 17.3 Å². The number of halogens is 2. The van der Waals surface area contributed by atoms with Gasteiger partial charge >= 0.3 is 0 Å². The third kappa shape index (κ3) is 4.71. The molecule has 6 heteroatoms. The maximum absolute atomic E-state index is 13.1. The SMILES string of the molecule is Nc1ccc(CC(=O)N2CCN(Cc3ccc(F)cc3Cl)CC2)cc1. The third-order valence-electron chi connectivity index (χ3n) is 4.47. The number of nitrogens with zero attached hydrogens (tertiary/aromatic N) is 2. The van der Waals surface area contributed by atoms with E-state index in [2.05, 4.69) is 4.90 Å². The molecule has 0 aromatic heterocycles. The molecule has 2 N–H and O–H groups in total. The van der Waals surface area contributed by atoms with Gasteiger partial charge in [-0.3, -0.25) is 9.69 Å². The van der Waals surface area contributed by atoms with Gasteiger partial charge in [-0.05, 0) is 35.4 Å². The zero-order chi connectivity index (χ0) is 17.8. The van der Waals surface area contributed by atoms with Gasteiger partial charge in [0.05, 0.1) is 6.42 Å². The molecular formula is C19H21ClFN3O. The standard InChI is InChI=1S/C19H21ClFN3O/c20-18-12-16(21)4-3-15(18)13-23-7-9-24(10-8-23)19(25)11-14-1-5-17(22)6-2-14/h1-6,12H,7-11,13,22H2. The van der Waals surface area contributed by atoms with Gasteiger partial charge in [-0.15, -0.1) is 0 Å². The van der Waals surface area contributed by atoms with Crippen molar-refractivity contribution in [1.82, 2.24) is 9.80 Å². The second-order valence-electron chi connectivity index (χ2n) is 6.31. The summed E-state index contributed by atoms with van der Waals surface area (Å²) in [7, 11) is 0. The molecule has 0 radical (unpaired) electrons. The Morgan fingerprint density at radius 2 is 1.76 bits per heavy atom. The fourth-order valence-electron chi connectivity index (χ4n) is 2.97. The molecule has 2 aromatic carbocycles. The van der Waals surface area contributed by atoms with Gasteiger partial charge in [0, 0.05) is 43.4 Å². The van der Waals surface area contributed by atoms with Gasteiger partial charge < -0.3 is 10.6 Å². The van der Waals surface area contributed by atoms with Crippen molar-refractivity contribution in [2.75, 3.05) is 31.9 Å². The quantitative estimate of drug-likeness (QED) is 0.852. The molecule has 1 saturated heterocycles. The zero-order valence-electron chi connectivity index (χ0n) is 13.9. The average molecular weight is 362 g/mol. The van der Waals surface area contributed by atoms with E-state index in [1.165, 1.54) is 12.1 Å². The molecule has 1 aliphatic heterocycles. The summed E-state index contributed by atoms with van der Waals surface area (Å²) in [6.45, 7) is 3.60. The number of amides is 1. The summed E-state index contributed by atoms with van der Waals surface area (Å²) in [5, 5.41) is 0.446. The first-order valence-electron chi connectivity index (χ1n) is 8.30. The molecule has 1 fully saturated rings. The number of hydrogen-bond acceptors (Lipinski definition) is 3. The minimum Gasteiger partial charge on any atom is -0.399 e. The molecule has 1 amide bonds. The lowest BCUT2D eigenvalue weighted by molar-refractivity contribution is -0.132. The van der Waals surface area contributed by atoms with Crippen LogP contribution < -0.4 is 5.73 Å². The number of carbonyl (C=O) groups is 1. The predicted octanol–water partition coefficient (Wildman–Crippen LogP) is 2.95. The first-order valence-corrected chi connectivity index (χ1v) is 8.67. The Kier molecular flexibility index (Phi) is 5.56. The van der Waals surface area contributed by atoms with Gasteiger partial charge in [0.1, 0.15) is 5.82 Å². The Balaban J connectivity index is 1.51. The van der Waals surface area contributed by atoms with E-state index in [1.54, 1.807) is 6.07 Å². The highest BCUT2D eigenvalue weighted by molar-refractivity contribution is 6.31. The number of rotatable bonds is 4. The Morgan fingerprint density at radius 3 is 2.40 bits per heavy atom. The number of nitrogens with two attached hydrogens (primary N) is 1. The average Bonchev–Trinajstić information content (AvgIpc) is 2.60. The van der Waals surface area contributed by atoms with E-state index in [0.29, 0.717) is 36.8 Å². The van der Waals surface area contributed by atoms with Crippen LogP contribution in [0.4, 0.5) is 10.1 Å². The summed E-state index contributed by atoms with van der Waals surface area (Å²) in [5.74, 6) is -0.198. The first-order chi connectivity index (χ1) is 12.0. The smallest absolute Gasteiger partial charge is 0.227 e. The molecule has 0 bridgehead atoms. The molecule has 4 nitrogen and oxygen atoms in total. The van der Waals surface area contributed by atoms with Crippen molar-refractivity contribution in [3.63, 3.8) is 0 Å². The van der Waals surface area contributed by atoms with Gasteiger partial charge in [0.2, 0.25) is 5.91 Å². The molecule has 3 rings (SSSR count). The Morgan fingerprint density at radius 1 is 1.08 bits per heavy atom.